The minimum atomic E-state index is 0.212. The normalized spacial score (nSPS) is 11.2. The van der Waals surface area contributed by atoms with E-state index in [2.05, 4.69) is 31.2 Å². The molecule has 0 fully saturated rings. The van der Waals surface area contributed by atoms with Gasteiger partial charge in [-0.25, -0.2) is 5.10 Å². The predicted molar refractivity (Wildman–Crippen MR) is 61.2 cm³/mol. The Morgan fingerprint density at radius 2 is 2.12 bits per heavy atom. The summed E-state index contributed by atoms with van der Waals surface area (Å²) in [7, 11) is 0. The van der Waals surface area contributed by atoms with E-state index < -0.39 is 0 Å². The summed E-state index contributed by atoms with van der Waals surface area (Å²) in [6.45, 7) is 0. The van der Waals surface area contributed by atoms with Crippen molar-refractivity contribution in [3.8, 4) is 0 Å². The molecule has 1 aromatic carbocycles. The van der Waals surface area contributed by atoms with Crippen molar-refractivity contribution in [1.29, 1.82) is 0 Å². The van der Waals surface area contributed by atoms with Crippen LogP contribution in [-0.2, 0) is 0 Å². The zero-order valence-corrected chi connectivity index (χ0v) is 8.35. The lowest BCUT2D eigenvalue weighted by Crippen LogP contribution is -1.71. The van der Waals surface area contributed by atoms with Gasteiger partial charge in [0, 0.05) is 6.21 Å². The van der Waals surface area contributed by atoms with Crippen molar-refractivity contribution in [2.24, 2.45) is 5.10 Å². The number of benzene rings is 1. The smallest absolute Gasteiger partial charge is 0.0830 e. The van der Waals surface area contributed by atoms with Crippen LogP contribution in [0.25, 0.3) is 11.5 Å². The van der Waals surface area contributed by atoms with Crippen molar-refractivity contribution in [3.63, 3.8) is 0 Å². The number of rotatable bonds is 4. The number of aromatic nitrogens is 4. The molecular formula is C10H9N6-. The first kappa shape index (κ1) is 10.0. The van der Waals surface area contributed by atoms with Gasteiger partial charge in [0.25, 0.3) is 0 Å². The van der Waals surface area contributed by atoms with Crippen molar-refractivity contribution in [2.45, 2.75) is 0 Å². The number of aromatic amines is 1. The summed E-state index contributed by atoms with van der Waals surface area (Å²) < 4.78 is 0. The summed E-state index contributed by atoms with van der Waals surface area (Å²) in [5.74, 6) is 0.212. The number of hydrogen-bond donors (Lipinski definition) is 1. The maximum absolute atomic E-state index is 3.76. The summed E-state index contributed by atoms with van der Waals surface area (Å²) in [5, 5.41) is 16.6. The molecule has 80 valence electrons. The Labute approximate surface area is 92.1 Å². The first-order valence-electron chi connectivity index (χ1n) is 4.64. The van der Waals surface area contributed by atoms with E-state index in [0.29, 0.717) is 0 Å². The highest BCUT2D eigenvalue weighted by Crippen LogP contribution is 2.06. The lowest BCUT2D eigenvalue weighted by Gasteiger charge is -1.95. The molecule has 0 saturated heterocycles. The fourth-order valence-electron chi connectivity index (χ4n) is 1.04. The number of allylic oxidation sites excluding steroid dienone is 1. The maximum Gasteiger partial charge on any atom is 0.0830 e. The molecule has 1 N–H and O–H groups in total. The average molecular weight is 213 g/mol. The van der Waals surface area contributed by atoms with E-state index in [1.165, 1.54) is 0 Å². The van der Waals surface area contributed by atoms with Crippen molar-refractivity contribution < 1.29 is 0 Å². The molecule has 16 heavy (non-hydrogen) atoms. The number of hydrogen-bond acceptors (Lipinski definition) is 4. The van der Waals surface area contributed by atoms with E-state index in [0.717, 1.165) is 5.56 Å². The van der Waals surface area contributed by atoms with Gasteiger partial charge < -0.3 is 0 Å². The highest BCUT2D eigenvalue weighted by atomic mass is 15.5. The van der Waals surface area contributed by atoms with Crippen LogP contribution in [0.3, 0.4) is 0 Å². The standard InChI is InChI=1S/C10H9N6/c1-2-5-9(6-3-1)7-4-8-11-12-10-13-15-16-14-10/h1-8H,(H-,12,13,14,15,16)/q-1/b7-4+,11-8-. The third-order valence-corrected chi connectivity index (χ3v) is 1.72. The van der Waals surface area contributed by atoms with Crippen molar-refractivity contribution >= 4 is 18.2 Å². The quantitative estimate of drug-likeness (QED) is 0.622. The van der Waals surface area contributed by atoms with Crippen LogP contribution < -0.4 is 0 Å². The monoisotopic (exact) mass is 213 g/mol. The van der Waals surface area contributed by atoms with Gasteiger partial charge in [-0.1, -0.05) is 36.4 Å². The molecule has 0 aliphatic rings. The van der Waals surface area contributed by atoms with Crippen molar-refractivity contribution in [3.05, 3.63) is 47.4 Å². The van der Waals surface area contributed by atoms with Crippen molar-refractivity contribution in [2.75, 3.05) is 0 Å². The van der Waals surface area contributed by atoms with Crippen LogP contribution in [0.15, 0.2) is 41.5 Å². The van der Waals surface area contributed by atoms with Crippen LogP contribution in [0.5, 0.6) is 0 Å². The molecule has 0 saturated carbocycles. The summed E-state index contributed by atoms with van der Waals surface area (Å²) in [6, 6.07) is 9.92. The first-order chi connectivity index (χ1) is 7.95. The Morgan fingerprint density at radius 3 is 2.88 bits per heavy atom. The number of nitrogens with zero attached hydrogens (tertiary/aromatic N) is 5. The van der Waals surface area contributed by atoms with E-state index in [1.54, 1.807) is 12.3 Å². The highest BCUT2D eigenvalue weighted by molar-refractivity contribution is 5.78. The Balaban J connectivity index is 1.83. The molecule has 2 aromatic rings. The van der Waals surface area contributed by atoms with Crippen LogP contribution in [0.4, 0.5) is 5.95 Å². The number of H-pyrrole nitrogens is 1. The lowest BCUT2D eigenvalue weighted by atomic mass is 10.2. The molecule has 0 atom stereocenters. The predicted octanol–water partition coefficient (Wildman–Crippen LogP) is 1.90. The van der Waals surface area contributed by atoms with Gasteiger partial charge in [-0.3, -0.25) is 20.8 Å². The maximum atomic E-state index is 3.76. The second-order valence-corrected chi connectivity index (χ2v) is 2.85. The van der Waals surface area contributed by atoms with E-state index in [9.17, 15) is 0 Å². The highest BCUT2D eigenvalue weighted by Gasteiger charge is 1.80. The number of tetrazole rings is 1. The molecule has 0 aliphatic carbocycles. The van der Waals surface area contributed by atoms with Gasteiger partial charge in [-0.05, 0) is 11.6 Å². The summed E-state index contributed by atoms with van der Waals surface area (Å²) >= 11 is 0. The van der Waals surface area contributed by atoms with E-state index in [1.807, 2.05) is 36.4 Å². The van der Waals surface area contributed by atoms with Crippen molar-refractivity contribution in [1.82, 2.24) is 20.6 Å². The first-order valence-corrected chi connectivity index (χ1v) is 4.64. The van der Waals surface area contributed by atoms with Gasteiger partial charge in [0.05, 0.1) is 5.95 Å². The molecule has 0 bridgehead atoms. The second kappa shape index (κ2) is 5.40. The fraction of sp³-hybridized carbons (Fsp3) is 0. The molecule has 1 heterocycles. The molecule has 0 radical (unpaired) electrons. The summed E-state index contributed by atoms with van der Waals surface area (Å²) in [4.78, 5) is 0. The van der Waals surface area contributed by atoms with Gasteiger partial charge in [-0.15, -0.1) is 5.21 Å². The van der Waals surface area contributed by atoms with Gasteiger partial charge in [-0.2, -0.15) is 0 Å². The molecule has 2 rings (SSSR count). The average Bonchev–Trinajstić information content (AvgIpc) is 2.83. The SMILES string of the molecule is C(/C=C/c1ccccc1)=N/[N-]c1nn[nH]n1. The molecule has 0 spiro atoms. The largest absolute Gasteiger partial charge is 0.277 e. The third kappa shape index (κ3) is 3.02. The van der Waals surface area contributed by atoms with E-state index in [4.69, 9.17) is 0 Å². The van der Waals surface area contributed by atoms with Gasteiger partial charge in [0.1, 0.15) is 0 Å². The number of nitrogens with one attached hydrogen (secondary N) is 1. The summed E-state index contributed by atoms with van der Waals surface area (Å²) in [6.07, 6.45) is 5.28. The Bertz CT molecular complexity index is 459. The van der Waals surface area contributed by atoms with Gasteiger partial charge >= 0.3 is 0 Å². The van der Waals surface area contributed by atoms with Crippen LogP contribution in [-0.4, -0.2) is 26.8 Å². The Kier molecular flexibility index (Phi) is 3.38. The topological polar surface area (TPSA) is 80.9 Å². The molecule has 6 nitrogen and oxygen atoms in total. The zero-order chi connectivity index (χ0) is 11.1. The third-order valence-electron chi connectivity index (χ3n) is 1.72. The van der Waals surface area contributed by atoms with Crippen LogP contribution >= 0.6 is 0 Å². The second-order valence-electron chi connectivity index (χ2n) is 2.85. The molecule has 0 aliphatic heterocycles. The minimum Gasteiger partial charge on any atom is -0.277 e. The molecule has 1 aromatic heterocycles. The van der Waals surface area contributed by atoms with Gasteiger partial charge in [0.15, 0.2) is 0 Å². The van der Waals surface area contributed by atoms with Crippen LogP contribution in [0.1, 0.15) is 5.56 Å². The van der Waals surface area contributed by atoms with Crippen LogP contribution in [0.2, 0.25) is 0 Å². The summed E-state index contributed by atoms with van der Waals surface area (Å²) in [5.41, 5.74) is 4.80. The molecule has 0 unspecified atom stereocenters. The Morgan fingerprint density at radius 1 is 1.25 bits per heavy atom. The zero-order valence-electron chi connectivity index (χ0n) is 8.35. The van der Waals surface area contributed by atoms with E-state index in [-0.39, 0.29) is 5.95 Å². The van der Waals surface area contributed by atoms with Gasteiger partial charge in [0.2, 0.25) is 0 Å². The van der Waals surface area contributed by atoms with E-state index >= 15 is 0 Å². The van der Waals surface area contributed by atoms with Crippen LogP contribution in [0, 0.1) is 0 Å². The molecular weight excluding hydrogens is 204 g/mol. The fourth-order valence-corrected chi connectivity index (χ4v) is 1.04. The molecule has 6 heteroatoms. The Hall–Kier alpha value is -2.50. The minimum absolute atomic E-state index is 0.212. The molecule has 0 amide bonds. The lowest BCUT2D eigenvalue weighted by molar-refractivity contribution is 0.881.